The van der Waals surface area contributed by atoms with Crippen molar-refractivity contribution >= 4 is 23.2 Å². The second-order valence-corrected chi connectivity index (χ2v) is 6.55. The van der Waals surface area contributed by atoms with Crippen LogP contribution in [0.3, 0.4) is 0 Å². The molecule has 0 unspecified atom stereocenters. The van der Waals surface area contributed by atoms with Gasteiger partial charge in [-0.2, -0.15) is 0 Å². The molecule has 0 radical (unpaired) electrons. The van der Waals surface area contributed by atoms with Crippen LogP contribution in [0.1, 0.15) is 16.1 Å². The largest absolute Gasteiger partial charge is 0.495 e. The Bertz CT molecular complexity index is 958. The van der Waals surface area contributed by atoms with Gasteiger partial charge < -0.3 is 15.4 Å². The molecular formula is C21H20ClN3O2. The van der Waals surface area contributed by atoms with Gasteiger partial charge in [-0.3, -0.25) is 9.78 Å². The van der Waals surface area contributed by atoms with Crippen LogP contribution < -0.4 is 15.4 Å². The fourth-order valence-electron chi connectivity index (χ4n) is 2.90. The Hall–Kier alpha value is -3.05. The lowest BCUT2D eigenvalue weighted by Gasteiger charge is -2.22. The average molecular weight is 382 g/mol. The van der Waals surface area contributed by atoms with Gasteiger partial charge in [0.15, 0.2) is 0 Å². The summed E-state index contributed by atoms with van der Waals surface area (Å²) in [5, 5.41) is 0.618. The third-order valence-corrected chi connectivity index (χ3v) is 4.60. The number of carbonyl (C=O) groups excluding carboxylic acids is 1. The molecule has 0 aliphatic heterocycles. The van der Waals surface area contributed by atoms with Crippen LogP contribution in [-0.2, 0) is 6.54 Å². The molecule has 0 spiro atoms. The van der Waals surface area contributed by atoms with Gasteiger partial charge in [-0.15, -0.1) is 0 Å². The van der Waals surface area contributed by atoms with Crippen LogP contribution in [0.2, 0.25) is 5.02 Å². The molecule has 1 heterocycles. The van der Waals surface area contributed by atoms with E-state index < -0.39 is 5.91 Å². The van der Waals surface area contributed by atoms with Crippen molar-refractivity contribution in [2.45, 2.75) is 6.54 Å². The normalized spacial score (nSPS) is 10.5. The van der Waals surface area contributed by atoms with Crippen molar-refractivity contribution in [3.63, 3.8) is 0 Å². The van der Waals surface area contributed by atoms with Gasteiger partial charge in [0, 0.05) is 35.9 Å². The molecule has 3 aromatic rings. The number of anilines is 1. The maximum Gasteiger partial charge on any atom is 0.267 e. The smallest absolute Gasteiger partial charge is 0.267 e. The number of carbonyl (C=O) groups is 1. The lowest BCUT2D eigenvalue weighted by molar-refractivity contribution is 0.0995. The molecule has 5 nitrogen and oxygen atoms in total. The van der Waals surface area contributed by atoms with E-state index >= 15 is 0 Å². The van der Waals surface area contributed by atoms with E-state index in [1.54, 1.807) is 25.4 Å². The Morgan fingerprint density at radius 2 is 1.96 bits per heavy atom. The predicted molar refractivity (Wildman–Crippen MR) is 108 cm³/mol. The van der Waals surface area contributed by atoms with Crippen LogP contribution >= 0.6 is 11.6 Å². The Kier molecular flexibility index (Phi) is 5.62. The molecular weight excluding hydrogens is 362 g/mol. The highest BCUT2D eigenvalue weighted by Gasteiger charge is 2.11. The molecule has 0 saturated heterocycles. The molecule has 2 aromatic carbocycles. The van der Waals surface area contributed by atoms with Gasteiger partial charge >= 0.3 is 0 Å². The molecule has 0 aliphatic carbocycles. The van der Waals surface area contributed by atoms with Crippen LogP contribution in [0.5, 0.6) is 5.75 Å². The van der Waals surface area contributed by atoms with Gasteiger partial charge in [0.2, 0.25) is 0 Å². The zero-order chi connectivity index (χ0) is 19.4. The van der Waals surface area contributed by atoms with Gasteiger partial charge in [-0.1, -0.05) is 35.9 Å². The number of para-hydroxylation sites is 2. The molecule has 6 heteroatoms. The summed E-state index contributed by atoms with van der Waals surface area (Å²) in [7, 11) is 3.67. The summed E-state index contributed by atoms with van der Waals surface area (Å²) in [5.41, 5.74) is 9.24. The Balaban J connectivity index is 1.88. The highest BCUT2D eigenvalue weighted by atomic mass is 35.5. The van der Waals surface area contributed by atoms with E-state index in [1.165, 1.54) is 0 Å². The maximum atomic E-state index is 11.2. The second kappa shape index (κ2) is 8.10. The van der Waals surface area contributed by atoms with Crippen LogP contribution in [0, 0.1) is 0 Å². The van der Waals surface area contributed by atoms with Crippen molar-refractivity contribution in [3.8, 4) is 16.9 Å². The minimum absolute atomic E-state index is 0.224. The topological polar surface area (TPSA) is 68.5 Å². The molecule has 3 rings (SSSR count). The number of methoxy groups -OCH3 is 1. The average Bonchev–Trinajstić information content (AvgIpc) is 2.69. The fourth-order valence-corrected chi connectivity index (χ4v) is 3.12. The number of nitrogens with two attached hydrogens (primary N) is 1. The molecule has 0 bridgehead atoms. The Labute approximate surface area is 163 Å². The number of hydrogen-bond donors (Lipinski definition) is 1. The molecule has 0 aliphatic rings. The number of rotatable bonds is 6. The number of halogens is 1. The number of nitrogens with zero attached hydrogens (tertiary/aromatic N) is 2. The minimum atomic E-state index is -0.556. The number of primary amides is 1. The number of amides is 1. The standard InChI is InChI=1S/C21H20ClN3O2/c1-25(19-5-3-4-6-20(19)27-2)13-14-7-9-17(22)16(11-14)15-8-10-18(21(23)26)24-12-15/h3-12H,13H2,1-2H3,(H2,23,26). The SMILES string of the molecule is COc1ccccc1N(C)Cc1ccc(Cl)c(-c2ccc(C(N)=O)nc2)c1. The summed E-state index contributed by atoms with van der Waals surface area (Å²) < 4.78 is 5.44. The zero-order valence-electron chi connectivity index (χ0n) is 15.1. The van der Waals surface area contributed by atoms with E-state index in [4.69, 9.17) is 22.1 Å². The summed E-state index contributed by atoms with van der Waals surface area (Å²) in [6.45, 7) is 0.678. The highest BCUT2D eigenvalue weighted by molar-refractivity contribution is 6.33. The van der Waals surface area contributed by atoms with Crippen LogP contribution in [0.15, 0.2) is 60.8 Å². The summed E-state index contributed by atoms with van der Waals surface area (Å²) in [5.74, 6) is 0.264. The van der Waals surface area contributed by atoms with Crippen molar-refractivity contribution in [1.82, 2.24) is 4.98 Å². The van der Waals surface area contributed by atoms with Crippen molar-refractivity contribution in [2.24, 2.45) is 5.73 Å². The molecule has 1 amide bonds. The minimum Gasteiger partial charge on any atom is -0.495 e. The molecule has 2 N–H and O–H groups in total. The van der Waals surface area contributed by atoms with Gasteiger partial charge in [-0.05, 0) is 35.9 Å². The second-order valence-electron chi connectivity index (χ2n) is 6.14. The van der Waals surface area contributed by atoms with Gasteiger partial charge in [0.05, 0.1) is 12.8 Å². The first-order valence-corrected chi connectivity index (χ1v) is 8.76. The predicted octanol–water partition coefficient (Wildman–Crippen LogP) is 4.15. The van der Waals surface area contributed by atoms with Gasteiger partial charge in [-0.25, -0.2) is 0 Å². The van der Waals surface area contributed by atoms with E-state index in [9.17, 15) is 4.79 Å². The third kappa shape index (κ3) is 4.20. The molecule has 1 aromatic heterocycles. The summed E-state index contributed by atoms with van der Waals surface area (Å²) in [6.07, 6.45) is 1.61. The summed E-state index contributed by atoms with van der Waals surface area (Å²) >= 11 is 6.38. The number of aromatic nitrogens is 1. The number of pyridine rings is 1. The van der Waals surface area contributed by atoms with Crippen molar-refractivity contribution in [3.05, 3.63) is 77.1 Å². The van der Waals surface area contributed by atoms with Gasteiger partial charge in [0.1, 0.15) is 11.4 Å². The molecule has 0 atom stereocenters. The summed E-state index contributed by atoms with van der Waals surface area (Å²) in [6, 6.07) is 17.1. The maximum absolute atomic E-state index is 11.2. The first kappa shape index (κ1) is 18.7. The van der Waals surface area contributed by atoms with Gasteiger partial charge in [0.25, 0.3) is 5.91 Å². The van der Waals surface area contributed by atoms with Crippen LogP contribution in [0.4, 0.5) is 5.69 Å². The number of benzene rings is 2. The lowest BCUT2D eigenvalue weighted by atomic mass is 10.0. The van der Waals surface area contributed by atoms with E-state index in [0.29, 0.717) is 11.6 Å². The van der Waals surface area contributed by atoms with Crippen molar-refractivity contribution in [2.75, 3.05) is 19.1 Å². The zero-order valence-corrected chi connectivity index (χ0v) is 15.9. The molecule has 27 heavy (non-hydrogen) atoms. The van der Waals surface area contributed by atoms with Crippen LogP contribution in [-0.4, -0.2) is 25.0 Å². The van der Waals surface area contributed by atoms with Crippen molar-refractivity contribution in [1.29, 1.82) is 0 Å². The molecule has 0 fully saturated rings. The van der Waals surface area contributed by atoms with E-state index in [2.05, 4.69) is 9.88 Å². The summed E-state index contributed by atoms with van der Waals surface area (Å²) in [4.78, 5) is 17.4. The van der Waals surface area contributed by atoms with E-state index in [1.807, 2.05) is 49.5 Å². The highest BCUT2D eigenvalue weighted by Crippen LogP contribution is 2.31. The van der Waals surface area contributed by atoms with Crippen LogP contribution in [0.25, 0.3) is 11.1 Å². The van der Waals surface area contributed by atoms with E-state index in [-0.39, 0.29) is 5.69 Å². The Morgan fingerprint density at radius 3 is 2.63 bits per heavy atom. The van der Waals surface area contributed by atoms with Crippen molar-refractivity contribution < 1.29 is 9.53 Å². The monoisotopic (exact) mass is 381 g/mol. The number of hydrogen-bond acceptors (Lipinski definition) is 4. The first-order valence-electron chi connectivity index (χ1n) is 8.38. The third-order valence-electron chi connectivity index (χ3n) is 4.27. The first-order chi connectivity index (χ1) is 13.0. The lowest BCUT2D eigenvalue weighted by Crippen LogP contribution is -2.17. The number of ether oxygens (including phenoxy) is 1. The molecule has 138 valence electrons. The fraction of sp³-hybridized carbons (Fsp3) is 0.143. The van der Waals surface area contributed by atoms with E-state index in [0.717, 1.165) is 28.1 Å². The quantitative estimate of drug-likeness (QED) is 0.696. The molecule has 0 saturated carbocycles. The Morgan fingerprint density at radius 1 is 1.19 bits per heavy atom.